The van der Waals surface area contributed by atoms with Gasteiger partial charge in [-0.05, 0) is 24.6 Å². The van der Waals surface area contributed by atoms with Crippen molar-refractivity contribution < 1.29 is 14.3 Å². The quantitative estimate of drug-likeness (QED) is 0.831. The topological polar surface area (TPSA) is 35.5 Å². The predicted molar refractivity (Wildman–Crippen MR) is 65.6 cm³/mol. The zero-order valence-electron chi connectivity index (χ0n) is 9.74. The van der Waals surface area contributed by atoms with Crippen LogP contribution in [0.5, 0.6) is 5.75 Å². The maximum Gasteiger partial charge on any atom is 0.138 e. The van der Waals surface area contributed by atoms with Crippen LogP contribution in [0.15, 0.2) is 18.2 Å². The van der Waals surface area contributed by atoms with Crippen LogP contribution in [0, 0.1) is 0 Å². The van der Waals surface area contributed by atoms with Crippen molar-refractivity contribution in [3.63, 3.8) is 0 Å². The number of carbonyl (C=O) groups excluding carboxylic acids is 1. The molecule has 0 bridgehead atoms. The van der Waals surface area contributed by atoms with E-state index in [9.17, 15) is 4.79 Å². The molecule has 0 radical (unpaired) electrons. The maximum atomic E-state index is 11.4. The van der Waals surface area contributed by atoms with Crippen molar-refractivity contribution in [2.24, 2.45) is 0 Å². The minimum Gasteiger partial charge on any atom is -0.492 e. The standard InChI is InChI=1S/C13H15ClO3/c1-2-16-12-4-3-9(7-11(12)14)13-8-10(15)5-6-17-13/h3-4,7,13H,2,5-6,8H2,1H3. The number of hydrogen-bond acceptors (Lipinski definition) is 3. The van der Waals surface area contributed by atoms with E-state index in [1.807, 2.05) is 25.1 Å². The Morgan fingerprint density at radius 3 is 3.00 bits per heavy atom. The molecule has 1 aromatic rings. The highest BCUT2D eigenvalue weighted by molar-refractivity contribution is 6.32. The molecule has 3 nitrogen and oxygen atoms in total. The van der Waals surface area contributed by atoms with Crippen LogP contribution in [-0.4, -0.2) is 19.0 Å². The third kappa shape index (κ3) is 2.99. The predicted octanol–water partition coefficient (Wildman–Crippen LogP) is 3.16. The Balaban J connectivity index is 2.16. The summed E-state index contributed by atoms with van der Waals surface area (Å²) in [6, 6.07) is 5.54. The lowest BCUT2D eigenvalue weighted by atomic mass is 10.0. The Morgan fingerprint density at radius 1 is 1.53 bits per heavy atom. The summed E-state index contributed by atoms with van der Waals surface area (Å²) in [6.45, 7) is 2.99. The number of benzene rings is 1. The first-order valence-electron chi connectivity index (χ1n) is 5.76. The highest BCUT2D eigenvalue weighted by Gasteiger charge is 2.22. The molecule has 1 aromatic carbocycles. The normalized spacial score (nSPS) is 20.4. The van der Waals surface area contributed by atoms with E-state index in [2.05, 4.69) is 0 Å². The molecule has 17 heavy (non-hydrogen) atoms. The molecule has 0 aliphatic carbocycles. The highest BCUT2D eigenvalue weighted by Crippen LogP contribution is 2.32. The number of Topliss-reactive ketones (excluding diaryl/α,β-unsaturated/α-hetero) is 1. The lowest BCUT2D eigenvalue weighted by Crippen LogP contribution is -2.19. The van der Waals surface area contributed by atoms with Crippen LogP contribution in [0.2, 0.25) is 5.02 Å². The van der Waals surface area contributed by atoms with Gasteiger partial charge >= 0.3 is 0 Å². The van der Waals surface area contributed by atoms with Gasteiger partial charge in [-0.2, -0.15) is 0 Å². The molecule has 0 aromatic heterocycles. The molecule has 0 saturated carbocycles. The molecule has 1 fully saturated rings. The Hall–Kier alpha value is -1.06. The van der Waals surface area contributed by atoms with E-state index in [-0.39, 0.29) is 11.9 Å². The number of hydrogen-bond donors (Lipinski definition) is 0. The monoisotopic (exact) mass is 254 g/mol. The van der Waals surface area contributed by atoms with Gasteiger partial charge in [0, 0.05) is 12.8 Å². The fourth-order valence-corrected chi connectivity index (χ4v) is 2.13. The van der Waals surface area contributed by atoms with Gasteiger partial charge in [-0.1, -0.05) is 17.7 Å². The average Bonchev–Trinajstić information content (AvgIpc) is 2.32. The summed E-state index contributed by atoms with van der Waals surface area (Å²) < 4.78 is 10.9. The van der Waals surface area contributed by atoms with Crippen LogP contribution >= 0.6 is 11.6 Å². The fourth-order valence-electron chi connectivity index (χ4n) is 1.89. The summed E-state index contributed by atoms with van der Waals surface area (Å²) in [6.07, 6.45) is 0.787. The first-order chi connectivity index (χ1) is 8.20. The molecule has 1 atom stereocenters. The Labute approximate surface area is 106 Å². The molecule has 92 valence electrons. The average molecular weight is 255 g/mol. The Morgan fingerprint density at radius 2 is 2.35 bits per heavy atom. The van der Waals surface area contributed by atoms with Crippen molar-refractivity contribution in [3.8, 4) is 5.75 Å². The molecule has 1 aliphatic rings. The fraction of sp³-hybridized carbons (Fsp3) is 0.462. The third-order valence-electron chi connectivity index (χ3n) is 2.74. The molecule has 1 unspecified atom stereocenters. The van der Waals surface area contributed by atoms with Crippen molar-refractivity contribution in [2.75, 3.05) is 13.2 Å². The van der Waals surface area contributed by atoms with Gasteiger partial charge < -0.3 is 9.47 Å². The van der Waals surface area contributed by atoms with Crippen molar-refractivity contribution in [3.05, 3.63) is 28.8 Å². The minimum absolute atomic E-state index is 0.163. The summed E-state index contributed by atoms with van der Waals surface area (Å²) in [5.74, 6) is 0.909. The maximum absolute atomic E-state index is 11.4. The largest absolute Gasteiger partial charge is 0.492 e. The summed E-state index contributed by atoms with van der Waals surface area (Å²) in [5, 5.41) is 0.561. The highest BCUT2D eigenvalue weighted by atomic mass is 35.5. The molecule has 2 rings (SSSR count). The molecular formula is C13H15ClO3. The van der Waals surface area contributed by atoms with Gasteiger partial charge in [0.2, 0.25) is 0 Å². The Bertz CT molecular complexity index is 417. The van der Waals surface area contributed by atoms with Gasteiger partial charge in [-0.25, -0.2) is 0 Å². The molecule has 1 heterocycles. The zero-order valence-corrected chi connectivity index (χ0v) is 10.5. The van der Waals surface area contributed by atoms with Crippen LogP contribution in [0.1, 0.15) is 31.4 Å². The molecule has 0 N–H and O–H groups in total. The van der Waals surface area contributed by atoms with Gasteiger partial charge in [0.1, 0.15) is 11.5 Å². The van der Waals surface area contributed by atoms with Gasteiger partial charge in [-0.3, -0.25) is 4.79 Å². The number of ketones is 1. The van der Waals surface area contributed by atoms with Crippen molar-refractivity contribution in [1.29, 1.82) is 0 Å². The zero-order chi connectivity index (χ0) is 12.3. The minimum atomic E-state index is -0.163. The third-order valence-corrected chi connectivity index (χ3v) is 3.04. The van der Waals surface area contributed by atoms with Crippen LogP contribution < -0.4 is 4.74 Å². The smallest absolute Gasteiger partial charge is 0.138 e. The lowest BCUT2D eigenvalue weighted by Gasteiger charge is -2.22. The number of halogens is 1. The lowest BCUT2D eigenvalue weighted by molar-refractivity contribution is -0.128. The van der Waals surface area contributed by atoms with E-state index < -0.39 is 0 Å². The first-order valence-corrected chi connectivity index (χ1v) is 6.14. The summed E-state index contributed by atoms with van der Waals surface area (Å²) in [4.78, 5) is 11.4. The summed E-state index contributed by atoms with van der Waals surface area (Å²) in [7, 11) is 0. The van der Waals surface area contributed by atoms with Gasteiger partial charge in [0.25, 0.3) is 0 Å². The molecule has 4 heteroatoms. The van der Waals surface area contributed by atoms with Gasteiger partial charge in [0.15, 0.2) is 0 Å². The van der Waals surface area contributed by atoms with Crippen LogP contribution in [0.25, 0.3) is 0 Å². The van der Waals surface area contributed by atoms with E-state index in [0.717, 1.165) is 5.56 Å². The van der Waals surface area contributed by atoms with Gasteiger partial charge in [-0.15, -0.1) is 0 Å². The van der Waals surface area contributed by atoms with E-state index >= 15 is 0 Å². The summed E-state index contributed by atoms with van der Waals surface area (Å²) >= 11 is 6.10. The van der Waals surface area contributed by atoms with Crippen LogP contribution in [-0.2, 0) is 9.53 Å². The van der Waals surface area contributed by atoms with Crippen molar-refractivity contribution in [1.82, 2.24) is 0 Å². The van der Waals surface area contributed by atoms with E-state index in [1.54, 1.807) is 0 Å². The number of carbonyl (C=O) groups is 1. The van der Waals surface area contributed by atoms with E-state index in [4.69, 9.17) is 21.1 Å². The molecule has 1 saturated heterocycles. The van der Waals surface area contributed by atoms with E-state index in [1.165, 1.54) is 0 Å². The number of ether oxygens (including phenoxy) is 2. The van der Waals surface area contributed by atoms with Crippen molar-refractivity contribution >= 4 is 17.4 Å². The number of rotatable bonds is 3. The Kier molecular flexibility index (Phi) is 4.02. The molecule has 0 spiro atoms. The second-order valence-electron chi connectivity index (χ2n) is 3.98. The van der Waals surface area contributed by atoms with Crippen molar-refractivity contribution in [2.45, 2.75) is 25.9 Å². The SMILES string of the molecule is CCOc1ccc(C2CC(=O)CCO2)cc1Cl. The van der Waals surface area contributed by atoms with Crippen LogP contribution in [0.4, 0.5) is 0 Å². The van der Waals surface area contributed by atoms with E-state index in [0.29, 0.717) is 36.8 Å². The molecule has 1 aliphatic heterocycles. The van der Waals surface area contributed by atoms with Gasteiger partial charge in [0.05, 0.1) is 24.3 Å². The second-order valence-corrected chi connectivity index (χ2v) is 4.38. The molecule has 0 amide bonds. The van der Waals surface area contributed by atoms with Crippen LogP contribution in [0.3, 0.4) is 0 Å². The first kappa shape index (κ1) is 12.4. The second kappa shape index (κ2) is 5.52. The summed E-state index contributed by atoms with van der Waals surface area (Å²) in [5.41, 5.74) is 0.937. The molecular weight excluding hydrogens is 240 g/mol.